The number of carbonyl (C=O) groups is 1. The van der Waals surface area contributed by atoms with E-state index in [1.165, 1.54) is 5.56 Å². The first-order valence-corrected chi connectivity index (χ1v) is 7.24. The fraction of sp³-hybridized carbons (Fsp3) is 0.533. The van der Waals surface area contributed by atoms with E-state index < -0.39 is 0 Å². The quantitative estimate of drug-likeness (QED) is 0.852. The molecule has 0 spiro atoms. The van der Waals surface area contributed by atoms with Crippen LogP contribution >= 0.6 is 11.6 Å². The Balaban J connectivity index is 1.88. The second-order valence-corrected chi connectivity index (χ2v) is 5.86. The van der Waals surface area contributed by atoms with Crippen LogP contribution in [-0.4, -0.2) is 18.6 Å². The number of hydrogen-bond acceptors (Lipinski definition) is 1. The lowest BCUT2D eigenvalue weighted by atomic mass is 9.96. The van der Waals surface area contributed by atoms with Crippen molar-refractivity contribution in [3.8, 4) is 0 Å². The van der Waals surface area contributed by atoms with Gasteiger partial charge in [0.15, 0.2) is 0 Å². The van der Waals surface area contributed by atoms with Crippen molar-refractivity contribution >= 4 is 17.6 Å². The number of hydrogen-bond donors (Lipinski definition) is 2. The molecule has 1 aliphatic carbocycles. The molecule has 1 aliphatic rings. The average molecular weight is 281 g/mol. The van der Waals surface area contributed by atoms with Gasteiger partial charge in [-0.1, -0.05) is 30.7 Å². The Morgan fingerprint density at radius 3 is 2.53 bits per heavy atom. The maximum absolute atomic E-state index is 11.7. The lowest BCUT2D eigenvalue weighted by Gasteiger charge is -2.18. The lowest BCUT2D eigenvalue weighted by Crippen LogP contribution is -2.43. The van der Waals surface area contributed by atoms with Gasteiger partial charge < -0.3 is 10.6 Å². The van der Waals surface area contributed by atoms with Crippen molar-refractivity contribution in [3.05, 3.63) is 34.9 Å². The van der Waals surface area contributed by atoms with Gasteiger partial charge in [-0.05, 0) is 43.9 Å². The van der Waals surface area contributed by atoms with Crippen molar-refractivity contribution in [1.82, 2.24) is 10.6 Å². The van der Waals surface area contributed by atoms with Crippen LogP contribution in [0.3, 0.4) is 0 Å². The minimum Gasteiger partial charge on any atom is -0.337 e. The summed E-state index contributed by atoms with van der Waals surface area (Å²) in [4.78, 5) is 11.7. The number of carbonyl (C=O) groups excluding carboxylic acids is 1. The fourth-order valence-electron chi connectivity index (χ4n) is 2.15. The molecule has 1 saturated carbocycles. The minimum atomic E-state index is -0.0745. The number of urea groups is 1. The third kappa shape index (κ3) is 3.63. The monoisotopic (exact) mass is 280 g/mol. The molecule has 1 aromatic rings. The second kappa shape index (κ2) is 5.83. The highest BCUT2D eigenvalue weighted by atomic mass is 35.5. The molecular formula is C15H21ClN2O. The number of rotatable bonds is 5. The van der Waals surface area contributed by atoms with E-state index in [2.05, 4.69) is 29.7 Å². The van der Waals surface area contributed by atoms with Crippen LogP contribution < -0.4 is 10.6 Å². The minimum absolute atomic E-state index is 0.0745. The van der Waals surface area contributed by atoms with Crippen LogP contribution in [0.2, 0.25) is 5.02 Å². The van der Waals surface area contributed by atoms with Crippen LogP contribution in [-0.2, 0) is 5.41 Å². The molecule has 0 aromatic heterocycles. The third-order valence-electron chi connectivity index (χ3n) is 3.89. The highest BCUT2D eigenvalue weighted by molar-refractivity contribution is 6.30. The van der Waals surface area contributed by atoms with Crippen molar-refractivity contribution in [3.63, 3.8) is 0 Å². The molecule has 104 valence electrons. The van der Waals surface area contributed by atoms with Gasteiger partial charge in [0.1, 0.15) is 0 Å². The molecule has 1 aromatic carbocycles. The van der Waals surface area contributed by atoms with E-state index >= 15 is 0 Å². The normalized spacial score (nSPS) is 17.6. The summed E-state index contributed by atoms with van der Waals surface area (Å²) in [7, 11) is 0. The highest BCUT2D eigenvalue weighted by Gasteiger charge is 2.44. The molecule has 3 nitrogen and oxygen atoms in total. The Morgan fingerprint density at radius 1 is 1.37 bits per heavy atom. The zero-order chi connectivity index (χ0) is 13.9. The predicted octanol–water partition coefficient (Wildman–Crippen LogP) is 3.47. The molecule has 0 radical (unpaired) electrons. The topological polar surface area (TPSA) is 41.1 Å². The van der Waals surface area contributed by atoms with E-state index in [0.29, 0.717) is 6.54 Å². The number of nitrogens with one attached hydrogen (secondary N) is 2. The summed E-state index contributed by atoms with van der Waals surface area (Å²) in [5, 5.41) is 6.65. The van der Waals surface area contributed by atoms with Crippen LogP contribution in [0.4, 0.5) is 4.79 Å². The van der Waals surface area contributed by atoms with E-state index in [-0.39, 0.29) is 17.5 Å². The SMILES string of the molecule is CCC(C)NC(=O)NCC1(c2ccc(Cl)cc2)CC1. The molecule has 2 N–H and O–H groups in total. The standard InChI is InChI=1S/C15H21ClN2O/c1-3-11(2)18-14(19)17-10-15(8-9-15)12-4-6-13(16)7-5-12/h4-7,11H,3,8-10H2,1-2H3,(H2,17,18,19). The van der Waals surface area contributed by atoms with Gasteiger partial charge in [0, 0.05) is 23.0 Å². The zero-order valence-corrected chi connectivity index (χ0v) is 12.3. The van der Waals surface area contributed by atoms with E-state index in [1.54, 1.807) is 0 Å². The van der Waals surface area contributed by atoms with Crippen LogP contribution in [0.25, 0.3) is 0 Å². The van der Waals surface area contributed by atoms with Crippen molar-refractivity contribution < 1.29 is 4.79 Å². The van der Waals surface area contributed by atoms with Gasteiger partial charge in [-0.3, -0.25) is 0 Å². The summed E-state index contributed by atoms with van der Waals surface area (Å²) in [6.07, 6.45) is 3.19. The first-order valence-electron chi connectivity index (χ1n) is 6.86. The van der Waals surface area contributed by atoms with E-state index in [4.69, 9.17) is 11.6 Å². The highest BCUT2D eigenvalue weighted by Crippen LogP contribution is 2.47. The molecule has 0 saturated heterocycles. The molecule has 4 heteroatoms. The summed E-state index contributed by atoms with van der Waals surface area (Å²) in [5.41, 5.74) is 1.39. The Hall–Kier alpha value is -1.22. The molecule has 0 aliphatic heterocycles. The average Bonchev–Trinajstić information content (AvgIpc) is 3.18. The van der Waals surface area contributed by atoms with Gasteiger partial charge in [0.25, 0.3) is 0 Å². The maximum Gasteiger partial charge on any atom is 0.315 e. The largest absolute Gasteiger partial charge is 0.337 e. The third-order valence-corrected chi connectivity index (χ3v) is 4.14. The number of benzene rings is 1. The van der Waals surface area contributed by atoms with Crippen molar-refractivity contribution in [2.75, 3.05) is 6.54 Å². The zero-order valence-electron chi connectivity index (χ0n) is 11.5. The molecule has 0 bridgehead atoms. The van der Waals surface area contributed by atoms with Crippen molar-refractivity contribution in [2.45, 2.75) is 44.6 Å². The van der Waals surface area contributed by atoms with Crippen LogP contribution in [0.5, 0.6) is 0 Å². The molecule has 19 heavy (non-hydrogen) atoms. The van der Waals surface area contributed by atoms with Crippen molar-refractivity contribution in [2.24, 2.45) is 0 Å². The van der Waals surface area contributed by atoms with E-state index in [1.807, 2.05) is 19.1 Å². The summed E-state index contributed by atoms with van der Waals surface area (Å²) in [5.74, 6) is 0. The first kappa shape index (κ1) is 14.2. The Morgan fingerprint density at radius 2 is 2.00 bits per heavy atom. The number of amides is 2. The van der Waals surface area contributed by atoms with Gasteiger partial charge in [-0.25, -0.2) is 4.79 Å². The smallest absolute Gasteiger partial charge is 0.315 e. The second-order valence-electron chi connectivity index (χ2n) is 5.42. The van der Waals surface area contributed by atoms with Gasteiger partial charge in [-0.15, -0.1) is 0 Å². The van der Waals surface area contributed by atoms with Crippen LogP contribution in [0.15, 0.2) is 24.3 Å². The molecule has 2 rings (SSSR count). The molecule has 1 fully saturated rings. The van der Waals surface area contributed by atoms with Gasteiger partial charge in [-0.2, -0.15) is 0 Å². The van der Waals surface area contributed by atoms with Gasteiger partial charge >= 0.3 is 6.03 Å². The molecule has 1 unspecified atom stereocenters. The van der Waals surface area contributed by atoms with Gasteiger partial charge in [0.2, 0.25) is 0 Å². The van der Waals surface area contributed by atoms with E-state index in [0.717, 1.165) is 24.3 Å². The lowest BCUT2D eigenvalue weighted by molar-refractivity contribution is 0.236. The molecule has 1 atom stereocenters. The first-order chi connectivity index (χ1) is 9.05. The summed E-state index contributed by atoms with van der Waals surface area (Å²) >= 11 is 5.90. The maximum atomic E-state index is 11.7. The Kier molecular flexibility index (Phi) is 4.35. The Labute approximate surface area is 119 Å². The summed E-state index contributed by atoms with van der Waals surface area (Å²) < 4.78 is 0. The van der Waals surface area contributed by atoms with Crippen LogP contribution in [0, 0.1) is 0 Å². The van der Waals surface area contributed by atoms with Crippen molar-refractivity contribution in [1.29, 1.82) is 0 Å². The molecular weight excluding hydrogens is 260 g/mol. The fourth-order valence-corrected chi connectivity index (χ4v) is 2.27. The predicted molar refractivity (Wildman–Crippen MR) is 78.7 cm³/mol. The Bertz CT molecular complexity index is 440. The summed E-state index contributed by atoms with van der Waals surface area (Å²) in [6.45, 7) is 4.75. The number of halogens is 1. The van der Waals surface area contributed by atoms with Gasteiger partial charge in [0.05, 0.1) is 0 Å². The molecule has 0 heterocycles. The summed E-state index contributed by atoms with van der Waals surface area (Å²) in [6, 6.07) is 8.08. The van der Waals surface area contributed by atoms with Crippen LogP contribution in [0.1, 0.15) is 38.7 Å². The van der Waals surface area contributed by atoms with E-state index in [9.17, 15) is 4.79 Å². The molecule has 2 amide bonds.